The van der Waals surface area contributed by atoms with Crippen LogP contribution in [0, 0.1) is 13.8 Å². The number of ether oxygens (including phenoxy) is 1. The van der Waals surface area contributed by atoms with Gasteiger partial charge in [0.1, 0.15) is 12.1 Å². The average Bonchev–Trinajstić information content (AvgIpc) is 2.61. The molecule has 0 saturated heterocycles. The highest BCUT2D eigenvalue weighted by atomic mass is 16.5. The summed E-state index contributed by atoms with van der Waals surface area (Å²) in [5.74, 6) is -1.41. The fraction of sp³-hybridized carbons (Fsp3) is 0.263. The predicted molar refractivity (Wildman–Crippen MR) is 95.9 cm³/mol. The maximum absolute atomic E-state index is 11.0. The van der Waals surface area contributed by atoms with Crippen LogP contribution in [-0.4, -0.2) is 24.2 Å². The number of carbonyl (C=O) groups excluding carboxylic acids is 1. The van der Waals surface area contributed by atoms with Gasteiger partial charge in [-0.3, -0.25) is 9.59 Å². The first-order valence-electron chi connectivity index (χ1n) is 7.71. The van der Waals surface area contributed by atoms with Crippen molar-refractivity contribution in [2.24, 2.45) is 11.5 Å². The van der Waals surface area contributed by atoms with E-state index in [4.69, 9.17) is 16.6 Å². The van der Waals surface area contributed by atoms with E-state index in [2.05, 4.69) is 4.74 Å². The SMILES string of the molecule is COC(=O)C(N)c1ccc(C)cc1.Cc1ccc(C(N)C(=O)O)cc1. The van der Waals surface area contributed by atoms with Gasteiger partial charge in [0, 0.05) is 0 Å². The average molecular weight is 344 g/mol. The van der Waals surface area contributed by atoms with Crippen LogP contribution in [0.1, 0.15) is 34.3 Å². The number of rotatable bonds is 4. The molecule has 2 aromatic carbocycles. The Morgan fingerprint density at radius 3 is 1.52 bits per heavy atom. The maximum Gasteiger partial charge on any atom is 0.327 e. The molecule has 6 nitrogen and oxygen atoms in total. The van der Waals surface area contributed by atoms with Crippen LogP contribution in [0.5, 0.6) is 0 Å². The Balaban J connectivity index is 0.000000251. The molecule has 2 unspecified atom stereocenters. The summed E-state index contributed by atoms with van der Waals surface area (Å²) in [5, 5.41) is 8.58. The molecule has 0 radical (unpaired) electrons. The predicted octanol–water partition coefficient (Wildman–Crippen LogP) is 2.25. The first-order valence-corrected chi connectivity index (χ1v) is 7.71. The number of carboxylic acid groups (broad SMARTS) is 1. The smallest absolute Gasteiger partial charge is 0.327 e. The van der Waals surface area contributed by atoms with E-state index in [1.807, 2.05) is 50.2 Å². The molecule has 25 heavy (non-hydrogen) atoms. The summed E-state index contributed by atoms with van der Waals surface area (Å²) in [7, 11) is 1.33. The number of benzene rings is 2. The minimum atomic E-state index is -1.00. The second-order valence-corrected chi connectivity index (χ2v) is 5.64. The van der Waals surface area contributed by atoms with Crippen LogP contribution in [0.3, 0.4) is 0 Å². The Bertz CT molecular complexity index is 696. The molecule has 0 fully saturated rings. The van der Waals surface area contributed by atoms with Crippen LogP contribution >= 0.6 is 0 Å². The van der Waals surface area contributed by atoms with Crippen molar-refractivity contribution < 1.29 is 19.4 Å². The molecule has 0 amide bonds. The highest BCUT2D eigenvalue weighted by Gasteiger charge is 2.15. The highest BCUT2D eigenvalue weighted by molar-refractivity contribution is 5.77. The minimum Gasteiger partial charge on any atom is -0.480 e. The van der Waals surface area contributed by atoms with E-state index in [9.17, 15) is 9.59 Å². The van der Waals surface area contributed by atoms with Crippen LogP contribution in [0.25, 0.3) is 0 Å². The summed E-state index contributed by atoms with van der Waals surface area (Å²) in [4.78, 5) is 21.5. The van der Waals surface area contributed by atoms with Gasteiger partial charge >= 0.3 is 11.9 Å². The summed E-state index contributed by atoms with van der Waals surface area (Å²) in [6, 6.07) is 13.1. The van der Waals surface area contributed by atoms with Crippen LogP contribution in [-0.2, 0) is 14.3 Å². The summed E-state index contributed by atoms with van der Waals surface area (Å²) in [6.45, 7) is 3.92. The van der Waals surface area contributed by atoms with E-state index in [-0.39, 0.29) is 0 Å². The largest absolute Gasteiger partial charge is 0.480 e. The molecule has 0 aliphatic carbocycles. The van der Waals surface area contributed by atoms with E-state index in [1.54, 1.807) is 12.1 Å². The van der Waals surface area contributed by atoms with E-state index >= 15 is 0 Å². The Morgan fingerprint density at radius 2 is 1.20 bits per heavy atom. The molecule has 0 spiro atoms. The molecule has 6 heteroatoms. The van der Waals surface area contributed by atoms with Crippen molar-refractivity contribution in [2.45, 2.75) is 25.9 Å². The van der Waals surface area contributed by atoms with Gasteiger partial charge in [0.05, 0.1) is 7.11 Å². The molecular formula is C19H24N2O4. The normalized spacial score (nSPS) is 12.4. The fourth-order valence-electron chi connectivity index (χ4n) is 1.95. The van der Waals surface area contributed by atoms with Gasteiger partial charge in [0.2, 0.25) is 0 Å². The van der Waals surface area contributed by atoms with Gasteiger partial charge in [-0.1, -0.05) is 59.7 Å². The zero-order valence-corrected chi connectivity index (χ0v) is 14.6. The van der Waals surface area contributed by atoms with Gasteiger partial charge in [0.25, 0.3) is 0 Å². The number of aliphatic carboxylic acids is 1. The van der Waals surface area contributed by atoms with Gasteiger partial charge in [-0.2, -0.15) is 0 Å². The van der Waals surface area contributed by atoms with Crippen LogP contribution in [0.2, 0.25) is 0 Å². The van der Waals surface area contributed by atoms with Gasteiger partial charge in [-0.05, 0) is 25.0 Å². The number of carboxylic acids is 1. The quantitative estimate of drug-likeness (QED) is 0.733. The molecule has 0 aliphatic heterocycles. The molecule has 0 saturated carbocycles. The van der Waals surface area contributed by atoms with Crippen LogP contribution < -0.4 is 11.5 Å². The third-order valence-corrected chi connectivity index (χ3v) is 3.59. The number of nitrogens with two attached hydrogens (primary N) is 2. The molecule has 0 aromatic heterocycles. The summed E-state index contributed by atoms with van der Waals surface area (Å²) >= 11 is 0. The van der Waals surface area contributed by atoms with Crippen molar-refractivity contribution in [3.05, 3.63) is 70.8 Å². The minimum absolute atomic E-state index is 0.413. The number of hydrogen-bond acceptors (Lipinski definition) is 5. The number of esters is 1. The van der Waals surface area contributed by atoms with Crippen molar-refractivity contribution in [1.29, 1.82) is 0 Å². The van der Waals surface area contributed by atoms with Crippen molar-refractivity contribution in [3.63, 3.8) is 0 Å². The Labute approximate surface area is 147 Å². The molecule has 2 rings (SSSR count). The Hall–Kier alpha value is -2.70. The van der Waals surface area contributed by atoms with E-state index in [1.165, 1.54) is 7.11 Å². The monoisotopic (exact) mass is 344 g/mol. The van der Waals surface area contributed by atoms with Crippen LogP contribution in [0.15, 0.2) is 48.5 Å². The van der Waals surface area contributed by atoms with Crippen molar-refractivity contribution in [1.82, 2.24) is 0 Å². The topological polar surface area (TPSA) is 116 Å². The first kappa shape index (κ1) is 20.3. The first-order chi connectivity index (χ1) is 11.8. The van der Waals surface area contributed by atoms with Gasteiger partial charge in [-0.25, -0.2) is 0 Å². The lowest BCUT2D eigenvalue weighted by Crippen LogP contribution is -2.22. The molecule has 5 N–H and O–H groups in total. The van der Waals surface area contributed by atoms with Crippen molar-refractivity contribution in [2.75, 3.05) is 7.11 Å². The third-order valence-electron chi connectivity index (χ3n) is 3.59. The number of hydrogen-bond donors (Lipinski definition) is 3. The number of methoxy groups -OCH3 is 1. The third kappa shape index (κ3) is 6.37. The standard InChI is InChI=1S/C10H13NO2.C9H11NO2/c1-7-3-5-8(6-4-7)9(11)10(12)13-2;1-6-2-4-7(5-3-6)8(10)9(11)12/h3-6,9H,11H2,1-2H3;2-5,8H,10H2,1H3,(H,11,12). The molecule has 0 aliphatic rings. The van der Waals surface area contributed by atoms with Gasteiger partial charge in [-0.15, -0.1) is 0 Å². The van der Waals surface area contributed by atoms with Crippen molar-refractivity contribution >= 4 is 11.9 Å². The van der Waals surface area contributed by atoms with Crippen LogP contribution in [0.4, 0.5) is 0 Å². The Kier molecular flexibility index (Phi) is 7.78. The van der Waals surface area contributed by atoms with E-state index < -0.39 is 24.0 Å². The lowest BCUT2D eigenvalue weighted by atomic mass is 10.1. The molecule has 0 bridgehead atoms. The molecule has 2 aromatic rings. The maximum atomic E-state index is 11.0. The zero-order chi connectivity index (χ0) is 19.0. The van der Waals surface area contributed by atoms with Gasteiger partial charge in [0.15, 0.2) is 0 Å². The summed E-state index contributed by atoms with van der Waals surface area (Å²) in [5.41, 5.74) is 14.7. The number of carbonyl (C=O) groups is 2. The fourth-order valence-corrected chi connectivity index (χ4v) is 1.95. The lowest BCUT2D eigenvalue weighted by Gasteiger charge is -2.09. The van der Waals surface area contributed by atoms with Crippen molar-refractivity contribution in [3.8, 4) is 0 Å². The second kappa shape index (κ2) is 9.56. The molecule has 134 valence electrons. The van der Waals surface area contributed by atoms with E-state index in [0.717, 1.165) is 16.7 Å². The number of aryl methyl sites for hydroxylation is 2. The molecular weight excluding hydrogens is 320 g/mol. The molecule has 0 heterocycles. The lowest BCUT2D eigenvalue weighted by molar-refractivity contribution is -0.142. The second-order valence-electron chi connectivity index (χ2n) is 5.64. The zero-order valence-electron chi connectivity index (χ0n) is 14.6. The summed E-state index contributed by atoms with van der Waals surface area (Å²) < 4.78 is 4.53. The van der Waals surface area contributed by atoms with E-state index in [0.29, 0.717) is 5.56 Å². The Morgan fingerprint density at radius 1 is 0.840 bits per heavy atom. The van der Waals surface area contributed by atoms with Gasteiger partial charge < -0.3 is 21.3 Å². The highest BCUT2D eigenvalue weighted by Crippen LogP contribution is 2.12. The molecule has 2 atom stereocenters. The summed E-state index contributed by atoms with van der Waals surface area (Å²) in [6.07, 6.45) is 0.